The number of hydrogen-bond acceptors (Lipinski definition) is 10. The number of aromatic hydroxyl groups is 1. The van der Waals surface area contributed by atoms with Crippen LogP contribution in [0.25, 0.3) is 0 Å². The van der Waals surface area contributed by atoms with Gasteiger partial charge in [-0.25, -0.2) is 0 Å². The molecule has 0 fully saturated rings. The Morgan fingerprint density at radius 3 is 2.32 bits per heavy atom. The first-order valence-electron chi connectivity index (χ1n) is 11.4. The second-order valence-corrected chi connectivity index (χ2v) is 14.9. The quantitative estimate of drug-likeness (QED) is 0.0354. The van der Waals surface area contributed by atoms with Crippen molar-refractivity contribution in [3.63, 3.8) is 0 Å². The van der Waals surface area contributed by atoms with Crippen LogP contribution in [-0.4, -0.2) is 77.1 Å². The van der Waals surface area contributed by atoms with Crippen molar-refractivity contribution in [3.8, 4) is 5.75 Å². The molecule has 0 radical (unpaired) electrons. The molecule has 1 aliphatic heterocycles. The van der Waals surface area contributed by atoms with Gasteiger partial charge in [-0.05, 0) is 0 Å². The molecule has 1 amide bonds. The summed E-state index contributed by atoms with van der Waals surface area (Å²) >= 11 is -3.23. The van der Waals surface area contributed by atoms with Crippen molar-refractivity contribution in [2.24, 2.45) is 5.73 Å². The normalized spacial score (nSPS) is 19.1. The van der Waals surface area contributed by atoms with Gasteiger partial charge in [-0.2, -0.15) is 0 Å². The molecule has 1 aliphatic rings. The van der Waals surface area contributed by atoms with Crippen LogP contribution in [0, 0.1) is 6.92 Å². The van der Waals surface area contributed by atoms with Crippen molar-refractivity contribution in [1.29, 1.82) is 0 Å². The average molecular weight is 632 g/mol. The summed E-state index contributed by atoms with van der Waals surface area (Å²) in [6, 6.07) is 1.88. The fourth-order valence-corrected chi connectivity index (χ4v) is 10.7. The van der Waals surface area contributed by atoms with Gasteiger partial charge in [0.05, 0.1) is 0 Å². The van der Waals surface area contributed by atoms with E-state index in [4.69, 9.17) is 10.5 Å². The van der Waals surface area contributed by atoms with Gasteiger partial charge in [-0.1, -0.05) is 0 Å². The molecule has 1 aromatic rings. The molecule has 0 aromatic heterocycles. The number of rotatable bonds is 11. The second kappa shape index (κ2) is 12.0. The minimum atomic E-state index is -3.23. The molecule has 1 aromatic carbocycles. The monoisotopic (exact) mass is 632 g/mol. The Morgan fingerprint density at radius 1 is 1.24 bits per heavy atom. The standard InChI is InChI=1S/C25H33IN2O9/c1-7-16(31)37-24(26-13(4)14-9-8-11(2)20(32)17(14)23(26)35)22(34)19(28(5)6)21(33)18(25(27)36)15(30)10-12(3)29/h8-9,13,19,22,24,29,32-34H,3,7,10H2,1-2,4-6H3,(H2,27,36)/b21-18-/t13-,19+,22+,24+/m0/s1. The van der Waals surface area contributed by atoms with Gasteiger partial charge in [0.15, 0.2) is 0 Å². The van der Waals surface area contributed by atoms with Crippen LogP contribution in [0.1, 0.15) is 52.1 Å². The van der Waals surface area contributed by atoms with Gasteiger partial charge in [-0.3, -0.25) is 0 Å². The van der Waals surface area contributed by atoms with E-state index in [1.165, 1.54) is 25.9 Å². The van der Waals surface area contributed by atoms with Crippen molar-refractivity contribution in [1.82, 2.24) is 4.90 Å². The number of amides is 1. The van der Waals surface area contributed by atoms with Crippen LogP contribution in [0.2, 0.25) is 0 Å². The van der Waals surface area contributed by atoms with Crippen molar-refractivity contribution < 1.29 is 44.3 Å². The number of allylic oxidation sites excluding steroid dienone is 1. The van der Waals surface area contributed by atoms with E-state index in [1.807, 2.05) is 0 Å². The van der Waals surface area contributed by atoms with Crippen LogP contribution in [0.4, 0.5) is 0 Å². The number of ketones is 1. The van der Waals surface area contributed by atoms with Crippen LogP contribution in [-0.2, 0) is 19.1 Å². The Morgan fingerprint density at radius 2 is 1.84 bits per heavy atom. The number of phenols is 1. The van der Waals surface area contributed by atoms with Crippen molar-refractivity contribution in [3.05, 3.63) is 52.5 Å². The molecule has 0 saturated carbocycles. The maximum absolute atomic E-state index is 13.6. The van der Waals surface area contributed by atoms with E-state index in [1.54, 1.807) is 26.0 Å². The van der Waals surface area contributed by atoms with E-state index in [0.29, 0.717) is 11.1 Å². The SMILES string of the molecule is C=C(O)CC(=O)/C(C(N)=O)=C(/O)[C@H]([C@@H](O)[C@@H](OC(=O)CC)I1C(=O)c2c(ccc(C)c2O)[C@@H]1C)N(C)C. The zero-order valence-electron chi connectivity index (χ0n) is 21.3. The fraction of sp³-hybridized carbons (Fsp3) is 0.440. The maximum atomic E-state index is 13.6. The Balaban J connectivity index is 2.67. The first-order valence-corrected chi connectivity index (χ1v) is 14.9. The molecule has 11 nitrogen and oxygen atoms in total. The molecule has 4 atom stereocenters. The number of benzene rings is 1. The number of hydrogen-bond donors (Lipinski definition) is 5. The molecule has 37 heavy (non-hydrogen) atoms. The van der Waals surface area contributed by atoms with Gasteiger partial charge in [-0.15, -0.1) is 0 Å². The minimum absolute atomic E-state index is 0.0643. The van der Waals surface area contributed by atoms with Gasteiger partial charge in [0, 0.05) is 0 Å². The molecule has 204 valence electrons. The fourth-order valence-electron chi connectivity index (χ4n) is 4.07. The molecular weight excluding hydrogens is 599 g/mol. The molecule has 2 rings (SSSR count). The third-order valence-electron chi connectivity index (χ3n) is 5.93. The number of primary amides is 1. The summed E-state index contributed by atoms with van der Waals surface area (Å²) < 4.78 is 3.34. The van der Waals surface area contributed by atoms with Gasteiger partial charge in [0.2, 0.25) is 0 Å². The number of aryl methyl sites for hydroxylation is 1. The van der Waals surface area contributed by atoms with Gasteiger partial charge in [0.1, 0.15) is 0 Å². The molecule has 0 aliphatic carbocycles. The molecule has 0 spiro atoms. The van der Waals surface area contributed by atoms with Crippen LogP contribution in [0.15, 0.2) is 35.8 Å². The Bertz CT molecular complexity index is 1160. The van der Waals surface area contributed by atoms with Crippen molar-refractivity contribution >= 4 is 41.3 Å². The van der Waals surface area contributed by atoms with Crippen LogP contribution in [0.3, 0.4) is 0 Å². The van der Waals surface area contributed by atoms with E-state index < -0.39 is 85.0 Å². The zero-order valence-corrected chi connectivity index (χ0v) is 23.5. The summed E-state index contributed by atoms with van der Waals surface area (Å²) in [5.74, 6) is -4.69. The zero-order chi connectivity index (χ0) is 28.4. The number of ether oxygens (including phenoxy) is 1. The summed E-state index contributed by atoms with van der Waals surface area (Å²) in [7, 11) is 2.87. The van der Waals surface area contributed by atoms with Crippen LogP contribution in [0.5, 0.6) is 5.75 Å². The number of phenolic OH excluding ortho intramolecular Hbond substituents is 1. The third-order valence-corrected chi connectivity index (χ3v) is 12.6. The summed E-state index contributed by atoms with van der Waals surface area (Å²) in [5, 5.41) is 42.5. The van der Waals surface area contributed by atoms with Gasteiger partial charge in [0.25, 0.3) is 0 Å². The topological polar surface area (TPSA) is 188 Å². The number of Topliss-reactive ketones (excluding diaryl/α,β-unsaturated/α-hetero) is 1. The van der Waals surface area contributed by atoms with Crippen molar-refractivity contribution in [2.75, 3.05) is 14.1 Å². The van der Waals surface area contributed by atoms with E-state index >= 15 is 0 Å². The molecule has 1 heterocycles. The molecule has 6 N–H and O–H groups in total. The summed E-state index contributed by atoms with van der Waals surface area (Å²) in [4.78, 5) is 51.9. The van der Waals surface area contributed by atoms with Crippen molar-refractivity contribution in [2.45, 2.75) is 53.8 Å². The number of likely N-dealkylation sites (N-methyl/N-ethyl adjacent to an activating group) is 1. The van der Waals surface area contributed by atoms with Gasteiger partial charge < -0.3 is 0 Å². The predicted octanol–water partition coefficient (Wildman–Crippen LogP) is 2.32. The Kier molecular flexibility index (Phi) is 9.85. The molecular formula is C25H33IN2O9. The number of esters is 1. The van der Waals surface area contributed by atoms with E-state index in [-0.39, 0.29) is 17.7 Å². The number of nitrogens with zero attached hydrogens (tertiary/aromatic N) is 1. The molecule has 0 saturated heterocycles. The summed E-state index contributed by atoms with van der Waals surface area (Å²) in [5.41, 5.74) is 5.66. The average Bonchev–Trinajstić information content (AvgIpc) is 3.03. The number of aliphatic hydroxyl groups is 3. The summed E-state index contributed by atoms with van der Waals surface area (Å²) in [6.45, 7) is 8.11. The molecule has 0 bridgehead atoms. The number of carbonyl (C=O) groups is 4. The Labute approximate surface area is 222 Å². The number of halogens is 1. The number of fused-ring (bicyclic) bond motifs is 1. The first kappa shape index (κ1) is 30.3. The van der Waals surface area contributed by atoms with E-state index in [9.17, 15) is 39.6 Å². The molecule has 0 unspecified atom stereocenters. The number of alkyl halides is 2. The van der Waals surface area contributed by atoms with Gasteiger partial charge >= 0.3 is 222 Å². The number of carbonyl (C=O) groups excluding carboxylic acids is 4. The van der Waals surface area contributed by atoms with E-state index in [0.717, 1.165) is 0 Å². The van der Waals surface area contributed by atoms with Crippen LogP contribution < -0.4 is 5.73 Å². The number of aliphatic hydroxyl groups excluding tert-OH is 3. The summed E-state index contributed by atoms with van der Waals surface area (Å²) in [6.07, 6.45) is -2.53. The Hall–Kier alpha value is -2.97. The molecule has 12 heteroatoms. The third kappa shape index (κ3) is 6.13. The van der Waals surface area contributed by atoms with Crippen LogP contribution >= 0.6 is 19.8 Å². The first-order chi connectivity index (χ1) is 17.1. The number of nitrogens with two attached hydrogens (primary N) is 1. The van der Waals surface area contributed by atoms with E-state index in [2.05, 4.69) is 6.58 Å². The predicted molar refractivity (Wildman–Crippen MR) is 144 cm³/mol. The second-order valence-electron chi connectivity index (χ2n) is 8.81.